The second-order valence-corrected chi connectivity index (χ2v) is 5.22. The van der Waals surface area contributed by atoms with Gasteiger partial charge in [-0.1, -0.05) is 12.1 Å². The number of ether oxygens (including phenoxy) is 1. The summed E-state index contributed by atoms with van der Waals surface area (Å²) in [5.74, 6) is 0.803. The first-order chi connectivity index (χ1) is 10.2. The summed E-state index contributed by atoms with van der Waals surface area (Å²) in [6, 6.07) is 7.45. The number of carbonyl (C=O) groups excluding carboxylic acids is 1. The van der Waals surface area contributed by atoms with E-state index in [0.717, 1.165) is 30.8 Å². The summed E-state index contributed by atoms with van der Waals surface area (Å²) in [7, 11) is 1.64. The monoisotopic (exact) mass is 285 g/mol. The van der Waals surface area contributed by atoms with Gasteiger partial charge in [0, 0.05) is 18.9 Å². The fraction of sp³-hybridized carbons (Fsp3) is 0.375. The number of anilines is 1. The summed E-state index contributed by atoms with van der Waals surface area (Å²) in [4.78, 5) is 14.7. The number of hydrogen-bond donors (Lipinski definition) is 0. The minimum atomic E-state index is -0.323. The first-order valence-electron chi connectivity index (χ1n) is 7.18. The summed E-state index contributed by atoms with van der Waals surface area (Å²) >= 11 is 0. The highest BCUT2D eigenvalue weighted by molar-refractivity contribution is 5.98. The minimum Gasteiger partial charge on any atom is -0.495 e. The van der Waals surface area contributed by atoms with Gasteiger partial charge < -0.3 is 9.64 Å². The molecule has 0 aliphatic carbocycles. The van der Waals surface area contributed by atoms with E-state index in [9.17, 15) is 4.79 Å². The summed E-state index contributed by atoms with van der Waals surface area (Å²) in [6.45, 7) is 2.59. The van der Waals surface area contributed by atoms with Crippen molar-refractivity contribution < 1.29 is 9.53 Å². The Morgan fingerprint density at radius 3 is 2.95 bits per heavy atom. The Morgan fingerprint density at radius 2 is 2.24 bits per heavy atom. The Labute approximate surface area is 124 Å². The minimum absolute atomic E-state index is 0.0455. The number of aromatic nitrogens is 2. The molecule has 1 atom stereocenters. The van der Waals surface area contributed by atoms with Crippen molar-refractivity contribution in [2.24, 2.45) is 0 Å². The van der Waals surface area contributed by atoms with Crippen molar-refractivity contribution >= 4 is 11.6 Å². The third kappa shape index (κ3) is 2.39. The van der Waals surface area contributed by atoms with E-state index in [2.05, 4.69) is 11.2 Å². The number of methoxy groups -OCH3 is 1. The Hall–Kier alpha value is -2.30. The van der Waals surface area contributed by atoms with Gasteiger partial charge in [-0.05, 0) is 37.5 Å². The van der Waals surface area contributed by atoms with Gasteiger partial charge in [-0.3, -0.25) is 9.48 Å². The van der Waals surface area contributed by atoms with Crippen LogP contribution in [0.3, 0.4) is 0 Å². The molecule has 0 saturated carbocycles. The molecule has 0 spiro atoms. The molecule has 1 amide bonds. The van der Waals surface area contributed by atoms with E-state index < -0.39 is 0 Å². The van der Waals surface area contributed by atoms with Crippen LogP contribution in [-0.2, 0) is 11.2 Å². The number of carbonyl (C=O) groups is 1. The van der Waals surface area contributed by atoms with Gasteiger partial charge in [-0.25, -0.2) is 0 Å². The van der Waals surface area contributed by atoms with Gasteiger partial charge in [0.2, 0.25) is 0 Å². The second kappa shape index (κ2) is 5.60. The number of hydrogen-bond acceptors (Lipinski definition) is 3. The third-order valence-corrected chi connectivity index (χ3v) is 3.95. The standard InChI is InChI=1S/C16H19N3O2/c1-12(19-11-5-9-17-19)16(20)18-10-4-7-13-6-3-8-14(21-2)15(13)18/h3,5-6,8-9,11-12H,4,7,10H2,1-2H3/t12-/m0/s1. The number of fused-ring (bicyclic) bond motifs is 1. The number of amides is 1. The summed E-state index contributed by atoms with van der Waals surface area (Å²) in [5.41, 5.74) is 2.08. The molecule has 1 aromatic carbocycles. The summed E-state index contributed by atoms with van der Waals surface area (Å²) in [6.07, 6.45) is 5.45. The lowest BCUT2D eigenvalue weighted by Gasteiger charge is -2.32. The van der Waals surface area contributed by atoms with Crippen molar-refractivity contribution in [1.29, 1.82) is 0 Å². The Bertz CT molecular complexity index is 623. The first-order valence-corrected chi connectivity index (χ1v) is 7.18. The number of rotatable bonds is 3. The van der Waals surface area contributed by atoms with E-state index in [0.29, 0.717) is 0 Å². The van der Waals surface area contributed by atoms with Crippen molar-refractivity contribution in [2.45, 2.75) is 25.8 Å². The zero-order chi connectivity index (χ0) is 14.8. The van der Waals surface area contributed by atoms with Gasteiger partial charge in [0.1, 0.15) is 11.8 Å². The van der Waals surface area contributed by atoms with Crippen LogP contribution in [0.25, 0.3) is 0 Å². The fourth-order valence-electron chi connectivity index (χ4n) is 2.85. The van der Waals surface area contributed by atoms with E-state index in [4.69, 9.17) is 4.74 Å². The highest BCUT2D eigenvalue weighted by Crippen LogP contribution is 2.37. The van der Waals surface area contributed by atoms with Crippen molar-refractivity contribution in [1.82, 2.24) is 9.78 Å². The number of para-hydroxylation sites is 1. The van der Waals surface area contributed by atoms with Crippen LogP contribution in [0.5, 0.6) is 5.75 Å². The number of aryl methyl sites for hydroxylation is 1. The van der Waals surface area contributed by atoms with Crippen LogP contribution < -0.4 is 9.64 Å². The maximum atomic E-state index is 12.8. The Kier molecular flexibility index (Phi) is 3.64. The predicted octanol–water partition coefficient (Wildman–Crippen LogP) is 2.43. The molecule has 0 fully saturated rings. The van der Waals surface area contributed by atoms with Crippen molar-refractivity contribution in [3.05, 3.63) is 42.2 Å². The molecule has 0 N–H and O–H groups in total. The van der Waals surface area contributed by atoms with E-state index in [1.54, 1.807) is 18.0 Å². The van der Waals surface area contributed by atoms with E-state index in [1.165, 1.54) is 5.56 Å². The van der Waals surface area contributed by atoms with Gasteiger partial charge in [-0.15, -0.1) is 0 Å². The molecular weight excluding hydrogens is 266 g/mol. The predicted molar refractivity (Wildman–Crippen MR) is 80.6 cm³/mol. The molecule has 1 aliphatic rings. The van der Waals surface area contributed by atoms with Crippen LogP contribution in [0.4, 0.5) is 5.69 Å². The number of benzene rings is 1. The van der Waals surface area contributed by atoms with E-state index in [-0.39, 0.29) is 11.9 Å². The zero-order valence-electron chi connectivity index (χ0n) is 12.3. The highest BCUT2D eigenvalue weighted by atomic mass is 16.5. The van der Waals surface area contributed by atoms with Crippen LogP contribution in [0.1, 0.15) is 24.9 Å². The van der Waals surface area contributed by atoms with E-state index in [1.807, 2.05) is 36.2 Å². The van der Waals surface area contributed by atoms with Crippen LogP contribution in [0, 0.1) is 0 Å². The van der Waals surface area contributed by atoms with Gasteiger partial charge in [-0.2, -0.15) is 5.10 Å². The fourth-order valence-corrected chi connectivity index (χ4v) is 2.85. The first kappa shape index (κ1) is 13.7. The molecule has 21 heavy (non-hydrogen) atoms. The molecule has 5 heteroatoms. The van der Waals surface area contributed by atoms with Crippen LogP contribution in [0.15, 0.2) is 36.7 Å². The summed E-state index contributed by atoms with van der Waals surface area (Å²) < 4.78 is 7.13. The average molecular weight is 285 g/mol. The van der Waals surface area contributed by atoms with E-state index >= 15 is 0 Å². The maximum absolute atomic E-state index is 12.8. The van der Waals surface area contributed by atoms with Crippen LogP contribution in [0.2, 0.25) is 0 Å². The SMILES string of the molecule is COc1cccc2c1N(C(=O)[C@H](C)n1cccn1)CCC2. The molecule has 0 saturated heterocycles. The number of nitrogens with zero attached hydrogens (tertiary/aromatic N) is 3. The molecular formula is C16H19N3O2. The van der Waals surface area contributed by atoms with Crippen molar-refractivity contribution in [3.63, 3.8) is 0 Å². The van der Waals surface area contributed by atoms with Gasteiger partial charge in [0.15, 0.2) is 0 Å². The van der Waals surface area contributed by atoms with Crippen molar-refractivity contribution in [3.8, 4) is 5.75 Å². The molecule has 3 rings (SSSR count). The lowest BCUT2D eigenvalue weighted by molar-refractivity contribution is -0.121. The molecule has 0 unspecified atom stereocenters. The second-order valence-electron chi connectivity index (χ2n) is 5.22. The van der Waals surface area contributed by atoms with Crippen molar-refractivity contribution in [2.75, 3.05) is 18.6 Å². The molecule has 2 aromatic rings. The largest absolute Gasteiger partial charge is 0.495 e. The quantitative estimate of drug-likeness (QED) is 0.870. The average Bonchev–Trinajstić information content (AvgIpc) is 3.06. The summed E-state index contributed by atoms with van der Waals surface area (Å²) in [5, 5.41) is 4.17. The highest BCUT2D eigenvalue weighted by Gasteiger charge is 2.29. The molecule has 110 valence electrons. The topological polar surface area (TPSA) is 47.4 Å². The van der Waals surface area contributed by atoms with Crippen LogP contribution in [-0.4, -0.2) is 29.3 Å². The molecule has 0 radical (unpaired) electrons. The zero-order valence-corrected chi connectivity index (χ0v) is 12.3. The normalized spacial score (nSPS) is 15.4. The molecule has 1 aromatic heterocycles. The molecule has 2 heterocycles. The third-order valence-electron chi connectivity index (χ3n) is 3.95. The van der Waals surface area contributed by atoms with Gasteiger partial charge in [0.25, 0.3) is 5.91 Å². The smallest absolute Gasteiger partial charge is 0.251 e. The maximum Gasteiger partial charge on any atom is 0.251 e. The molecule has 5 nitrogen and oxygen atoms in total. The molecule has 1 aliphatic heterocycles. The molecule has 0 bridgehead atoms. The van der Waals surface area contributed by atoms with Gasteiger partial charge >= 0.3 is 0 Å². The van der Waals surface area contributed by atoms with Crippen LogP contribution >= 0.6 is 0 Å². The lowest BCUT2D eigenvalue weighted by atomic mass is 10.00. The Balaban J connectivity index is 1.96. The Morgan fingerprint density at radius 1 is 1.38 bits per heavy atom. The van der Waals surface area contributed by atoms with Gasteiger partial charge in [0.05, 0.1) is 12.8 Å². The lowest BCUT2D eigenvalue weighted by Crippen LogP contribution is -2.40.